The van der Waals surface area contributed by atoms with Crippen molar-refractivity contribution < 1.29 is 23.6 Å². The minimum absolute atomic E-state index is 0.137. The minimum atomic E-state index is -0.583. The van der Waals surface area contributed by atoms with Crippen molar-refractivity contribution in [3.8, 4) is 5.75 Å². The summed E-state index contributed by atoms with van der Waals surface area (Å²) in [5.41, 5.74) is 1.34. The highest BCUT2D eigenvalue weighted by atomic mass is 16.5. The first-order valence-corrected chi connectivity index (χ1v) is 10.4. The summed E-state index contributed by atoms with van der Waals surface area (Å²) in [6.07, 6.45) is 0.786. The van der Waals surface area contributed by atoms with Gasteiger partial charge in [-0.05, 0) is 42.2 Å². The lowest BCUT2D eigenvalue weighted by molar-refractivity contribution is -0.125. The average molecular weight is 437 g/mol. The molecule has 1 N–H and O–H groups in total. The SMILES string of the molecule is Cc1nc(COc2ccc(C(=O)OCC(=O)NC(CC(C)C)c3ccccc3)cc2)no1. The summed E-state index contributed by atoms with van der Waals surface area (Å²) in [4.78, 5) is 28.7. The van der Waals surface area contributed by atoms with Crippen LogP contribution in [0.5, 0.6) is 5.75 Å². The van der Waals surface area contributed by atoms with Gasteiger partial charge in [0.15, 0.2) is 13.2 Å². The van der Waals surface area contributed by atoms with Crippen molar-refractivity contribution in [2.45, 2.75) is 39.8 Å². The Labute approximate surface area is 186 Å². The van der Waals surface area contributed by atoms with Gasteiger partial charge >= 0.3 is 5.97 Å². The molecule has 0 aliphatic heterocycles. The van der Waals surface area contributed by atoms with Crippen molar-refractivity contribution in [2.24, 2.45) is 5.92 Å². The molecule has 1 heterocycles. The molecule has 0 saturated heterocycles. The lowest BCUT2D eigenvalue weighted by Gasteiger charge is -2.21. The van der Waals surface area contributed by atoms with E-state index in [1.807, 2.05) is 30.3 Å². The number of ether oxygens (including phenoxy) is 2. The van der Waals surface area contributed by atoms with E-state index in [4.69, 9.17) is 14.0 Å². The lowest BCUT2D eigenvalue weighted by atomic mass is 9.97. The van der Waals surface area contributed by atoms with Gasteiger partial charge in [0.2, 0.25) is 11.7 Å². The Morgan fingerprint density at radius 2 is 1.78 bits per heavy atom. The van der Waals surface area contributed by atoms with Gasteiger partial charge in [-0.2, -0.15) is 4.98 Å². The number of aromatic nitrogens is 2. The van der Waals surface area contributed by atoms with E-state index in [2.05, 4.69) is 29.3 Å². The molecule has 0 aliphatic rings. The van der Waals surface area contributed by atoms with Crippen LogP contribution in [0.3, 0.4) is 0 Å². The Balaban J connectivity index is 1.49. The van der Waals surface area contributed by atoms with E-state index in [0.717, 1.165) is 12.0 Å². The van der Waals surface area contributed by atoms with E-state index < -0.39 is 5.97 Å². The van der Waals surface area contributed by atoms with Gasteiger partial charge in [0, 0.05) is 6.92 Å². The van der Waals surface area contributed by atoms with Gasteiger partial charge in [-0.15, -0.1) is 0 Å². The molecule has 3 rings (SSSR count). The number of nitrogens with zero attached hydrogens (tertiary/aromatic N) is 2. The molecule has 1 amide bonds. The average Bonchev–Trinajstić information content (AvgIpc) is 3.21. The third kappa shape index (κ3) is 6.94. The van der Waals surface area contributed by atoms with E-state index in [9.17, 15) is 9.59 Å². The van der Waals surface area contributed by atoms with Crippen LogP contribution in [0, 0.1) is 12.8 Å². The Hall–Kier alpha value is -3.68. The highest BCUT2D eigenvalue weighted by Gasteiger charge is 2.17. The minimum Gasteiger partial charge on any atom is -0.485 e. The number of carbonyl (C=O) groups excluding carboxylic acids is 2. The van der Waals surface area contributed by atoms with Crippen LogP contribution in [0.15, 0.2) is 59.1 Å². The number of carbonyl (C=O) groups is 2. The highest BCUT2D eigenvalue weighted by molar-refractivity contribution is 5.91. The molecule has 0 aliphatic carbocycles. The van der Waals surface area contributed by atoms with Crippen molar-refractivity contribution in [2.75, 3.05) is 6.61 Å². The van der Waals surface area contributed by atoms with Crippen LogP contribution in [0.2, 0.25) is 0 Å². The van der Waals surface area contributed by atoms with Crippen LogP contribution in [0.4, 0.5) is 0 Å². The number of benzene rings is 2. The van der Waals surface area contributed by atoms with Gasteiger partial charge in [-0.25, -0.2) is 4.79 Å². The van der Waals surface area contributed by atoms with Crippen LogP contribution in [0.1, 0.15) is 53.9 Å². The van der Waals surface area contributed by atoms with Crippen molar-refractivity contribution in [1.82, 2.24) is 15.5 Å². The second-order valence-corrected chi connectivity index (χ2v) is 7.78. The van der Waals surface area contributed by atoms with Crippen molar-refractivity contribution >= 4 is 11.9 Å². The van der Waals surface area contributed by atoms with E-state index >= 15 is 0 Å². The Bertz CT molecular complexity index is 1020. The zero-order valence-corrected chi connectivity index (χ0v) is 18.4. The van der Waals surface area contributed by atoms with Crippen LogP contribution >= 0.6 is 0 Å². The zero-order chi connectivity index (χ0) is 22.9. The molecule has 8 nitrogen and oxygen atoms in total. The molecule has 1 aromatic heterocycles. The number of hydrogen-bond acceptors (Lipinski definition) is 7. The van der Waals surface area contributed by atoms with Gasteiger partial charge in [-0.3, -0.25) is 4.79 Å². The van der Waals surface area contributed by atoms with Gasteiger partial charge in [0.25, 0.3) is 5.91 Å². The quantitative estimate of drug-likeness (QED) is 0.478. The summed E-state index contributed by atoms with van der Waals surface area (Å²) < 4.78 is 15.6. The van der Waals surface area contributed by atoms with Crippen molar-refractivity contribution in [1.29, 1.82) is 0 Å². The summed E-state index contributed by atoms with van der Waals surface area (Å²) in [5, 5.41) is 6.71. The second-order valence-electron chi connectivity index (χ2n) is 7.78. The van der Waals surface area contributed by atoms with Gasteiger partial charge in [0.05, 0.1) is 11.6 Å². The molecule has 32 heavy (non-hydrogen) atoms. The maximum Gasteiger partial charge on any atom is 0.338 e. The standard InChI is InChI=1S/C24H27N3O5/c1-16(2)13-21(18-7-5-4-6-8-18)26-23(28)15-31-24(29)19-9-11-20(12-10-19)30-14-22-25-17(3)32-27-22/h4-12,16,21H,13-15H2,1-3H3,(H,26,28). The lowest BCUT2D eigenvalue weighted by Crippen LogP contribution is -2.33. The molecule has 168 valence electrons. The summed E-state index contributed by atoms with van der Waals surface area (Å²) in [6.45, 7) is 5.69. The van der Waals surface area contributed by atoms with Crippen LogP contribution in [-0.2, 0) is 16.1 Å². The van der Waals surface area contributed by atoms with E-state index in [-0.39, 0.29) is 25.2 Å². The highest BCUT2D eigenvalue weighted by Crippen LogP contribution is 2.21. The second kappa shape index (κ2) is 11.1. The van der Waals surface area contributed by atoms with E-state index in [1.165, 1.54) is 0 Å². The maximum absolute atomic E-state index is 12.4. The van der Waals surface area contributed by atoms with Gasteiger partial charge in [0.1, 0.15) is 5.75 Å². The van der Waals surface area contributed by atoms with Crippen LogP contribution < -0.4 is 10.1 Å². The molecular formula is C24H27N3O5. The Kier molecular flexibility index (Phi) is 7.96. The first-order valence-electron chi connectivity index (χ1n) is 10.4. The normalized spacial score (nSPS) is 11.8. The van der Waals surface area contributed by atoms with Crippen LogP contribution in [-0.4, -0.2) is 28.6 Å². The third-order valence-corrected chi connectivity index (χ3v) is 4.61. The number of hydrogen-bond donors (Lipinski definition) is 1. The molecule has 8 heteroatoms. The molecule has 0 fully saturated rings. The smallest absolute Gasteiger partial charge is 0.338 e. The molecule has 0 spiro atoms. The number of aryl methyl sites for hydroxylation is 1. The van der Waals surface area contributed by atoms with Crippen molar-refractivity contribution in [3.05, 3.63) is 77.4 Å². The number of rotatable bonds is 10. The fourth-order valence-corrected chi connectivity index (χ4v) is 3.12. The van der Waals surface area contributed by atoms with Gasteiger partial charge < -0.3 is 19.3 Å². The number of esters is 1. The fourth-order valence-electron chi connectivity index (χ4n) is 3.12. The predicted molar refractivity (Wildman–Crippen MR) is 117 cm³/mol. The summed E-state index contributed by atoms with van der Waals surface area (Å²) in [6, 6.07) is 16.0. The zero-order valence-electron chi connectivity index (χ0n) is 18.4. The molecular weight excluding hydrogens is 410 g/mol. The predicted octanol–water partition coefficient (Wildman–Crippen LogP) is 4.02. The van der Waals surface area contributed by atoms with E-state index in [0.29, 0.717) is 28.9 Å². The molecule has 0 radical (unpaired) electrons. The molecule has 0 bridgehead atoms. The Morgan fingerprint density at radius 1 is 1.06 bits per heavy atom. The topological polar surface area (TPSA) is 104 Å². The maximum atomic E-state index is 12.4. The molecule has 2 aromatic carbocycles. The largest absolute Gasteiger partial charge is 0.485 e. The van der Waals surface area contributed by atoms with Crippen molar-refractivity contribution in [3.63, 3.8) is 0 Å². The Morgan fingerprint density at radius 3 is 2.41 bits per heavy atom. The molecule has 1 unspecified atom stereocenters. The first-order chi connectivity index (χ1) is 15.4. The third-order valence-electron chi connectivity index (χ3n) is 4.61. The van der Waals surface area contributed by atoms with Gasteiger partial charge in [-0.1, -0.05) is 49.3 Å². The van der Waals surface area contributed by atoms with E-state index in [1.54, 1.807) is 31.2 Å². The number of nitrogens with one attached hydrogen (secondary N) is 1. The molecule has 1 atom stereocenters. The monoisotopic (exact) mass is 437 g/mol. The summed E-state index contributed by atoms with van der Waals surface area (Å²) >= 11 is 0. The fraction of sp³-hybridized carbons (Fsp3) is 0.333. The molecule has 0 saturated carbocycles. The number of amides is 1. The van der Waals surface area contributed by atoms with Crippen LogP contribution in [0.25, 0.3) is 0 Å². The first kappa shape index (κ1) is 23.0. The summed E-state index contributed by atoms with van der Waals surface area (Å²) in [5.74, 6) is 0.908. The molecule has 3 aromatic rings. The summed E-state index contributed by atoms with van der Waals surface area (Å²) in [7, 11) is 0.